The third kappa shape index (κ3) is 3.33. The molecule has 6 nitrogen and oxygen atoms in total. The highest BCUT2D eigenvalue weighted by atomic mass is 32.2. The summed E-state index contributed by atoms with van der Waals surface area (Å²) in [4.78, 5) is 11.5. The van der Waals surface area contributed by atoms with Crippen LogP contribution in [0.3, 0.4) is 0 Å². The van der Waals surface area contributed by atoms with Gasteiger partial charge in [0.05, 0.1) is 18.1 Å². The quantitative estimate of drug-likeness (QED) is 0.711. The number of nitrogens with one attached hydrogen (secondary N) is 1. The number of aliphatic hydroxyl groups is 1. The third-order valence-electron chi connectivity index (χ3n) is 10.4. The van der Waals surface area contributed by atoms with Crippen LogP contribution in [0, 0.1) is 28.6 Å². The molecule has 4 saturated carbocycles. The van der Waals surface area contributed by atoms with E-state index in [1.165, 1.54) is 12.3 Å². The molecule has 32 heavy (non-hydrogen) atoms. The first-order valence-corrected chi connectivity index (χ1v) is 14.1. The fraction of sp³-hybridized carbons (Fsp3) is 0.800. The van der Waals surface area contributed by atoms with Crippen molar-refractivity contribution in [1.82, 2.24) is 4.72 Å². The minimum Gasteiger partial charge on any atom is -0.431 e. The maximum absolute atomic E-state index is 12.3. The van der Waals surface area contributed by atoms with Crippen LogP contribution in [0.4, 0.5) is 0 Å². The van der Waals surface area contributed by atoms with Gasteiger partial charge in [0.25, 0.3) is 0 Å². The standard InChI is InChI=1S/C25H37NO5S/c1-23-11-8-18(26-32(3,29)30)14-17(23)5-6-21-20(23)9-12-24(2)19(10-13-25(21,24)28)16-4-7-22(27)31-15-16/h4,7,15,17-21,26,28H,5-6,8-14H2,1-3H3. The highest BCUT2D eigenvalue weighted by molar-refractivity contribution is 7.88. The number of sulfonamides is 1. The molecular formula is C25H37NO5S. The Labute approximate surface area is 191 Å². The van der Waals surface area contributed by atoms with Gasteiger partial charge < -0.3 is 9.52 Å². The second kappa shape index (κ2) is 7.41. The van der Waals surface area contributed by atoms with Gasteiger partial charge in [-0.25, -0.2) is 17.9 Å². The SMILES string of the molecule is CC12CCC(NS(C)(=O)=O)CC1CCC1C2CCC2(C)C(c3ccc(=O)oc3)CCC12O. The van der Waals surface area contributed by atoms with Crippen molar-refractivity contribution >= 4 is 10.0 Å². The van der Waals surface area contributed by atoms with Crippen LogP contribution in [-0.4, -0.2) is 31.4 Å². The lowest BCUT2D eigenvalue weighted by Crippen LogP contribution is -2.62. The summed E-state index contributed by atoms with van der Waals surface area (Å²) in [5.74, 6) is 1.47. The first kappa shape index (κ1) is 22.6. The maximum Gasteiger partial charge on any atom is 0.335 e. The van der Waals surface area contributed by atoms with Gasteiger partial charge in [0, 0.05) is 17.5 Å². The van der Waals surface area contributed by atoms with Crippen LogP contribution >= 0.6 is 0 Å². The van der Waals surface area contributed by atoms with E-state index in [2.05, 4.69) is 18.6 Å². The van der Waals surface area contributed by atoms with Crippen LogP contribution in [0.5, 0.6) is 0 Å². The number of hydrogen-bond donors (Lipinski definition) is 2. The van der Waals surface area contributed by atoms with Gasteiger partial charge in [-0.1, -0.05) is 13.8 Å². The smallest absolute Gasteiger partial charge is 0.335 e. The monoisotopic (exact) mass is 463 g/mol. The molecule has 0 bridgehead atoms. The fourth-order valence-electron chi connectivity index (χ4n) is 8.74. The highest BCUT2D eigenvalue weighted by Crippen LogP contribution is 2.70. The Morgan fingerprint density at radius 1 is 1.03 bits per heavy atom. The van der Waals surface area contributed by atoms with E-state index in [4.69, 9.17) is 4.42 Å². The second-order valence-electron chi connectivity index (χ2n) is 11.7. The van der Waals surface area contributed by atoms with Gasteiger partial charge in [0.1, 0.15) is 0 Å². The predicted octanol–water partition coefficient (Wildman–Crippen LogP) is 3.80. The zero-order valence-electron chi connectivity index (χ0n) is 19.5. The molecule has 1 aromatic heterocycles. The van der Waals surface area contributed by atoms with E-state index in [0.717, 1.165) is 63.4 Å². The Hall–Kier alpha value is -1.18. The van der Waals surface area contributed by atoms with Crippen molar-refractivity contribution in [2.24, 2.45) is 28.6 Å². The average Bonchev–Trinajstić information content (AvgIpc) is 2.99. The summed E-state index contributed by atoms with van der Waals surface area (Å²) >= 11 is 0. The molecule has 2 N–H and O–H groups in total. The van der Waals surface area contributed by atoms with Crippen LogP contribution in [-0.2, 0) is 10.0 Å². The van der Waals surface area contributed by atoms with Crippen molar-refractivity contribution in [3.05, 3.63) is 34.4 Å². The first-order chi connectivity index (χ1) is 15.0. The van der Waals surface area contributed by atoms with Crippen molar-refractivity contribution in [2.45, 2.75) is 89.2 Å². The van der Waals surface area contributed by atoms with Crippen LogP contribution in [0.25, 0.3) is 0 Å². The van der Waals surface area contributed by atoms with Gasteiger partial charge >= 0.3 is 5.63 Å². The molecule has 0 aromatic carbocycles. The molecule has 4 aliphatic rings. The Bertz CT molecular complexity index is 1030. The summed E-state index contributed by atoms with van der Waals surface area (Å²) in [5.41, 5.74) is -0.0524. The molecule has 8 atom stereocenters. The molecule has 0 spiro atoms. The van der Waals surface area contributed by atoms with Gasteiger partial charge in [-0.05, 0) is 98.5 Å². The lowest BCUT2D eigenvalue weighted by Gasteiger charge is -2.63. The third-order valence-corrected chi connectivity index (χ3v) is 11.1. The molecule has 4 fully saturated rings. The first-order valence-electron chi connectivity index (χ1n) is 12.2. The zero-order valence-corrected chi connectivity index (χ0v) is 20.3. The molecule has 4 aliphatic carbocycles. The lowest BCUT2D eigenvalue weighted by molar-refractivity contribution is -0.201. The van der Waals surface area contributed by atoms with Crippen LogP contribution in [0.1, 0.15) is 83.1 Å². The fourth-order valence-corrected chi connectivity index (χ4v) is 9.56. The number of hydrogen-bond acceptors (Lipinski definition) is 5. The van der Waals surface area contributed by atoms with Gasteiger partial charge in [-0.2, -0.15) is 0 Å². The van der Waals surface area contributed by atoms with E-state index in [0.29, 0.717) is 11.8 Å². The molecule has 7 heteroatoms. The molecule has 1 aromatic rings. The van der Waals surface area contributed by atoms with Gasteiger partial charge in [-0.15, -0.1) is 0 Å². The summed E-state index contributed by atoms with van der Waals surface area (Å²) < 4.78 is 31.6. The Morgan fingerprint density at radius 3 is 2.50 bits per heavy atom. The van der Waals surface area contributed by atoms with E-state index in [1.807, 2.05) is 6.07 Å². The Morgan fingerprint density at radius 2 is 1.81 bits per heavy atom. The summed E-state index contributed by atoms with van der Waals surface area (Å²) in [5, 5.41) is 12.3. The Balaban J connectivity index is 1.40. The largest absolute Gasteiger partial charge is 0.431 e. The topological polar surface area (TPSA) is 96.6 Å². The molecule has 5 rings (SSSR count). The van der Waals surface area contributed by atoms with Gasteiger partial charge in [0.15, 0.2) is 0 Å². The molecule has 0 amide bonds. The van der Waals surface area contributed by atoms with Crippen molar-refractivity contribution in [1.29, 1.82) is 0 Å². The second-order valence-corrected chi connectivity index (χ2v) is 13.5. The predicted molar refractivity (Wildman–Crippen MR) is 123 cm³/mol. The van der Waals surface area contributed by atoms with Crippen LogP contribution < -0.4 is 10.3 Å². The van der Waals surface area contributed by atoms with Crippen molar-refractivity contribution in [3.8, 4) is 0 Å². The van der Waals surface area contributed by atoms with Crippen LogP contribution in [0.2, 0.25) is 0 Å². The van der Waals surface area contributed by atoms with E-state index >= 15 is 0 Å². The lowest BCUT2D eigenvalue weighted by atomic mass is 9.43. The van der Waals surface area contributed by atoms with Crippen molar-refractivity contribution < 1.29 is 17.9 Å². The molecule has 0 saturated heterocycles. The van der Waals surface area contributed by atoms with Gasteiger partial charge in [0.2, 0.25) is 10.0 Å². The van der Waals surface area contributed by atoms with E-state index < -0.39 is 15.6 Å². The Kier molecular flexibility index (Phi) is 5.23. The zero-order chi connectivity index (χ0) is 22.9. The minimum atomic E-state index is -3.19. The summed E-state index contributed by atoms with van der Waals surface area (Å²) in [7, 11) is -3.19. The van der Waals surface area contributed by atoms with Gasteiger partial charge in [-0.3, -0.25) is 0 Å². The van der Waals surface area contributed by atoms with E-state index in [1.54, 1.807) is 6.26 Å². The van der Waals surface area contributed by atoms with E-state index in [9.17, 15) is 18.3 Å². The average molecular weight is 464 g/mol. The van der Waals surface area contributed by atoms with Crippen LogP contribution in [0.15, 0.2) is 27.6 Å². The molecule has 1 heterocycles. The summed E-state index contributed by atoms with van der Waals surface area (Å²) in [6.07, 6.45) is 11.5. The number of fused-ring (bicyclic) bond motifs is 5. The molecule has 178 valence electrons. The summed E-state index contributed by atoms with van der Waals surface area (Å²) in [6, 6.07) is 3.42. The minimum absolute atomic E-state index is 0.0418. The summed E-state index contributed by atoms with van der Waals surface area (Å²) in [6.45, 7) is 4.67. The molecule has 0 aliphatic heterocycles. The highest BCUT2D eigenvalue weighted by Gasteiger charge is 2.67. The molecule has 8 unspecified atom stereocenters. The van der Waals surface area contributed by atoms with Crippen molar-refractivity contribution in [2.75, 3.05) is 6.26 Å². The van der Waals surface area contributed by atoms with Crippen molar-refractivity contribution in [3.63, 3.8) is 0 Å². The number of rotatable bonds is 3. The maximum atomic E-state index is 12.3. The van der Waals surface area contributed by atoms with E-state index in [-0.39, 0.29) is 34.3 Å². The normalized spacial score (nSPS) is 46.2. The molecule has 0 radical (unpaired) electrons. The molecular weight excluding hydrogens is 426 g/mol.